The fourth-order valence-corrected chi connectivity index (χ4v) is 2.24. The first-order chi connectivity index (χ1) is 9.61. The largest absolute Gasteiger partial charge is 0.481 e. The number of rotatable bonds is 6. The van der Waals surface area contributed by atoms with Crippen LogP contribution in [0, 0.1) is 0 Å². The molecule has 20 heavy (non-hydrogen) atoms. The lowest BCUT2D eigenvalue weighted by Gasteiger charge is -2.19. The molecule has 0 spiro atoms. The second-order valence-electron chi connectivity index (χ2n) is 4.65. The zero-order chi connectivity index (χ0) is 14.5. The molecule has 0 unspecified atom stereocenters. The smallest absolute Gasteiger partial charge is 0.305 e. The highest BCUT2D eigenvalue weighted by Crippen LogP contribution is 2.18. The van der Waals surface area contributed by atoms with Crippen molar-refractivity contribution in [3.63, 3.8) is 0 Å². The quantitative estimate of drug-likeness (QED) is 0.846. The highest BCUT2D eigenvalue weighted by molar-refractivity contribution is 5.89. The number of carbonyl (C=O) groups excluding carboxylic acids is 1. The Morgan fingerprint density at radius 1 is 1.30 bits per heavy atom. The molecular formula is C15H18N2O3. The molecule has 1 amide bonds. The summed E-state index contributed by atoms with van der Waals surface area (Å²) >= 11 is 0. The molecule has 0 atom stereocenters. The fraction of sp³-hybridized carbons (Fsp3) is 0.333. The van der Waals surface area contributed by atoms with Crippen molar-refractivity contribution in [2.24, 2.45) is 0 Å². The van der Waals surface area contributed by atoms with E-state index in [9.17, 15) is 9.59 Å². The van der Waals surface area contributed by atoms with Gasteiger partial charge in [0.1, 0.15) is 0 Å². The van der Waals surface area contributed by atoms with Crippen LogP contribution in [0.25, 0.3) is 10.9 Å². The first-order valence-corrected chi connectivity index (χ1v) is 6.66. The molecule has 0 fully saturated rings. The zero-order valence-corrected chi connectivity index (χ0v) is 11.4. The number of amides is 1. The Kier molecular flexibility index (Phi) is 4.40. The van der Waals surface area contributed by atoms with E-state index in [1.807, 2.05) is 37.4 Å². The molecule has 1 aromatic heterocycles. The second-order valence-corrected chi connectivity index (χ2v) is 4.65. The topological polar surface area (TPSA) is 73.4 Å². The number of aliphatic carboxylic acids is 1. The molecule has 0 bridgehead atoms. The van der Waals surface area contributed by atoms with E-state index < -0.39 is 5.97 Å². The number of likely N-dealkylation sites (N-methyl/N-ethyl adjacent to an activating group) is 1. The summed E-state index contributed by atoms with van der Waals surface area (Å²) in [6.45, 7) is 2.64. The van der Waals surface area contributed by atoms with E-state index in [0.29, 0.717) is 6.54 Å². The lowest BCUT2D eigenvalue weighted by atomic mass is 10.1. The lowest BCUT2D eigenvalue weighted by molar-refractivity contribution is -0.138. The van der Waals surface area contributed by atoms with Crippen LogP contribution in [-0.4, -0.2) is 40.0 Å². The summed E-state index contributed by atoms with van der Waals surface area (Å²) in [7, 11) is 0. The van der Waals surface area contributed by atoms with Crippen molar-refractivity contribution >= 4 is 22.8 Å². The van der Waals surface area contributed by atoms with Crippen molar-refractivity contribution in [1.82, 2.24) is 9.88 Å². The summed E-state index contributed by atoms with van der Waals surface area (Å²) in [5, 5.41) is 9.73. The third-order valence-corrected chi connectivity index (χ3v) is 3.35. The van der Waals surface area contributed by atoms with Crippen LogP contribution in [0.5, 0.6) is 0 Å². The number of carbonyl (C=O) groups is 2. The molecule has 0 saturated carbocycles. The minimum atomic E-state index is -0.886. The van der Waals surface area contributed by atoms with Crippen LogP contribution in [0.1, 0.15) is 18.9 Å². The third kappa shape index (κ3) is 3.17. The Bertz CT molecular complexity index is 618. The summed E-state index contributed by atoms with van der Waals surface area (Å²) in [6.07, 6.45) is 2.11. The molecule has 0 aliphatic carbocycles. The number of nitrogens with one attached hydrogen (secondary N) is 1. The summed E-state index contributed by atoms with van der Waals surface area (Å²) in [6, 6.07) is 7.81. The van der Waals surface area contributed by atoms with Gasteiger partial charge in [0.05, 0.1) is 12.8 Å². The van der Waals surface area contributed by atoms with Gasteiger partial charge in [-0.15, -0.1) is 0 Å². The maximum absolute atomic E-state index is 12.2. The van der Waals surface area contributed by atoms with Gasteiger partial charge in [-0.2, -0.15) is 0 Å². The van der Waals surface area contributed by atoms with Crippen LogP contribution in [0.4, 0.5) is 0 Å². The first-order valence-electron chi connectivity index (χ1n) is 6.66. The predicted octanol–water partition coefficient (Wildman–Crippen LogP) is 2.03. The monoisotopic (exact) mass is 274 g/mol. The van der Waals surface area contributed by atoms with E-state index in [4.69, 9.17) is 5.11 Å². The fourth-order valence-electron chi connectivity index (χ4n) is 2.24. The molecule has 5 nitrogen and oxygen atoms in total. The molecule has 2 aromatic rings. The predicted molar refractivity (Wildman–Crippen MR) is 76.5 cm³/mol. The van der Waals surface area contributed by atoms with Crippen molar-refractivity contribution in [3.05, 3.63) is 36.0 Å². The van der Waals surface area contributed by atoms with E-state index in [2.05, 4.69) is 4.98 Å². The van der Waals surface area contributed by atoms with E-state index in [1.54, 1.807) is 4.90 Å². The molecule has 1 heterocycles. The number of carboxylic acid groups (broad SMARTS) is 1. The number of benzene rings is 1. The van der Waals surface area contributed by atoms with E-state index in [0.717, 1.165) is 16.5 Å². The van der Waals surface area contributed by atoms with Crippen LogP contribution in [0.2, 0.25) is 0 Å². The van der Waals surface area contributed by atoms with Gasteiger partial charge in [-0.3, -0.25) is 9.59 Å². The SMILES string of the molecule is CCN(CCC(=O)O)C(=O)Cc1c[nH]c2ccccc12. The van der Waals surface area contributed by atoms with Gasteiger partial charge in [0.25, 0.3) is 0 Å². The van der Waals surface area contributed by atoms with Gasteiger partial charge in [-0.1, -0.05) is 18.2 Å². The highest BCUT2D eigenvalue weighted by Gasteiger charge is 2.15. The first kappa shape index (κ1) is 14.1. The summed E-state index contributed by atoms with van der Waals surface area (Å²) in [5.41, 5.74) is 1.95. The van der Waals surface area contributed by atoms with Gasteiger partial charge >= 0.3 is 5.97 Å². The van der Waals surface area contributed by atoms with Crippen LogP contribution in [-0.2, 0) is 16.0 Å². The molecule has 0 aliphatic heterocycles. The number of carboxylic acids is 1. The number of hydrogen-bond acceptors (Lipinski definition) is 2. The zero-order valence-electron chi connectivity index (χ0n) is 11.4. The van der Waals surface area contributed by atoms with E-state index in [-0.39, 0.29) is 25.3 Å². The van der Waals surface area contributed by atoms with Gasteiger partial charge < -0.3 is 15.0 Å². The van der Waals surface area contributed by atoms with Gasteiger partial charge in [-0.05, 0) is 18.6 Å². The number of aromatic nitrogens is 1. The van der Waals surface area contributed by atoms with Crippen LogP contribution in [0.3, 0.4) is 0 Å². The Balaban J connectivity index is 2.08. The molecule has 0 aliphatic rings. The molecular weight excluding hydrogens is 256 g/mol. The maximum Gasteiger partial charge on any atom is 0.305 e. The molecule has 0 saturated heterocycles. The van der Waals surface area contributed by atoms with Crippen LogP contribution >= 0.6 is 0 Å². The second kappa shape index (κ2) is 6.23. The Labute approximate surface area is 117 Å². The molecule has 0 radical (unpaired) electrons. The van der Waals surface area contributed by atoms with Crippen LogP contribution in [0.15, 0.2) is 30.5 Å². The summed E-state index contributed by atoms with van der Waals surface area (Å²) in [4.78, 5) is 27.5. The average molecular weight is 274 g/mol. The third-order valence-electron chi connectivity index (χ3n) is 3.35. The highest BCUT2D eigenvalue weighted by atomic mass is 16.4. The summed E-state index contributed by atoms with van der Waals surface area (Å²) in [5.74, 6) is -0.929. The summed E-state index contributed by atoms with van der Waals surface area (Å²) < 4.78 is 0. The van der Waals surface area contributed by atoms with Crippen molar-refractivity contribution in [2.45, 2.75) is 19.8 Å². The van der Waals surface area contributed by atoms with Crippen molar-refractivity contribution in [1.29, 1.82) is 0 Å². The Morgan fingerprint density at radius 3 is 2.75 bits per heavy atom. The number of hydrogen-bond donors (Lipinski definition) is 2. The normalized spacial score (nSPS) is 10.7. The minimum Gasteiger partial charge on any atom is -0.481 e. The van der Waals surface area contributed by atoms with Crippen molar-refractivity contribution in [3.8, 4) is 0 Å². The molecule has 1 aromatic carbocycles. The number of fused-ring (bicyclic) bond motifs is 1. The Hall–Kier alpha value is -2.30. The number of H-pyrrole nitrogens is 1. The van der Waals surface area contributed by atoms with Crippen LogP contribution < -0.4 is 0 Å². The minimum absolute atomic E-state index is 0.0204. The van der Waals surface area contributed by atoms with E-state index in [1.165, 1.54) is 0 Å². The van der Waals surface area contributed by atoms with Crippen molar-refractivity contribution < 1.29 is 14.7 Å². The number of aromatic amines is 1. The van der Waals surface area contributed by atoms with Gasteiger partial charge in [0.15, 0.2) is 0 Å². The standard InChI is InChI=1S/C15H18N2O3/c1-2-17(8-7-15(19)20)14(18)9-11-10-16-13-6-4-3-5-12(11)13/h3-6,10,16H,2,7-9H2,1H3,(H,19,20). The van der Waals surface area contributed by atoms with Gasteiger partial charge in [-0.25, -0.2) is 0 Å². The lowest BCUT2D eigenvalue weighted by Crippen LogP contribution is -2.33. The molecule has 2 rings (SSSR count). The molecule has 106 valence electrons. The van der Waals surface area contributed by atoms with Gasteiger partial charge in [0.2, 0.25) is 5.91 Å². The maximum atomic E-state index is 12.2. The van der Waals surface area contributed by atoms with E-state index >= 15 is 0 Å². The number of nitrogens with zero attached hydrogens (tertiary/aromatic N) is 1. The number of para-hydroxylation sites is 1. The molecule has 5 heteroatoms. The average Bonchev–Trinajstić information content (AvgIpc) is 2.83. The van der Waals surface area contributed by atoms with Gasteiger partial charge in [0, 0.05) is 30.2 Å². The molecule has 2 N–H and O–H groups in total. The van der Waals surface area contributed by atoms with Crippen molar-refractivity contribution in [2.75, 3.05) is 13.1 Å². The Morgan fingerprint density at radius 2 is 2.05 bits per heavy atom.